The molecule has 0 radical (unpaired) electrons. The molecule has 0 amide bonds. The highest BCUT2D eigenvalue weighted by molar-refractivity contribution is 5.70. The Labute approximate surface area is 178 Å². The van der Waals surface area contributed by atoms with Crippen molar-refractivity contribution in [2.75, 3.05) is 13.2 Å². The van der Waals surface area contributed by atoms with Gasteiger partial charge in [-0.05, 0) is 37.0 Å². The van der Waals surface area contributed by atoms with Crippen molar-refractivity contribution in [2.24, 2.45) is 11.8 Å². The van der Waals surface area contributed by atoms with Crippen LogP contribution in [0.4, 0.5) is 0 Å². The van der Waals surface area contributed by atoms with Crippen LogP contribution in [0.15, 0.2) is 54.3 Å². The quantitative estimate of drug-likeness (QED) is 0.474. The summed E-state index contributed by atoms with van der Waals surface area (Å²) >= 11 is 0. The Kier molecular flexibility index (Phi) is 8.49. The summed E-state index contributed by atoms with van der Waals surface area (Å²) in [7, 11) is 0. The van der Waals surface area contributed by atoms with Crippen molar-refractivity contribution in [1.29, 1.82) is 0 Å². The summed E-state index contributed by atoms with van der Waals surface area (Å²) < 4.78 is 16.9. The Morgan fingerprint density at radius 1 is 1.33 bits per heavy atom. The van der Waals surface area contributed by atoms with Gasteiger partial charge >= 0.3 is 5.97 Å². The molecular formula is C24H32O6. The number of carbonyl (C=O) groups is 1. The van der Waals surface area contributed by atoms with Crippen molar-refractivity contribution in [1.82, 2.24) is 0 Å². The zero-order chi connectivity index (χ0) is 21.3. The van der Waals surface area contributed by atoms with E-state index in [0.29, 0.717) is 30.8 Å². The number of allylic oxidation sites excluding steroid dienone is 1. The number of para-hydroxylation sites is 1. The summed E-state index contributed by atoms with van der Waals surface area (Å²) in [6.07, 6.45) is 7.41. The van der Waals surface area contributed by atoms with Gasteiger partial charge in [0.15, 0.2) is 0 Å². The minimum Gasteiger partial charge on any atom is -0.491 e. The number of carbonyl (C=O) groups excluding carboxylic acids is 1. The highest BCUT2D eigenvalue weighted by Crippen LogP contribution is 2.40. The number of esters is 1. The molecule has 1 aliphatic carbocycles. The summed E-state index contributed by atoms with van der Waals surface area (Å²) in [5, 5.41) is 20.7. The second-order valence-electron chi connectivity index (χ2n) is 7.95. The minimum atomic E-state index is -0.770. The SMILES string of the molecule is CCCCC(=O)OC1=CCC2C(C=C[C@@H](O)COc3ccccc3)C(O)C[C@@H]2OC1. The monoisotopic (exact) mass is 416 g/mol. The van der Waals surface area contributed by atoms with Gasteiger partial charge in [-0.2, -0.15) is 0 Å². The lowest BCUT2D eigenvalue weighted by Gasteiger charge is -2.20. The zero-order valence-corrected chi connectivity index (χ0v) is 17.5. The molecule has 1 aliphatic heterocycles. The van der Waals surface area contributed by atoms with Gasteiger partial charge in [-0.1, -0.05) is 43.7 Å². The Morgan fingerprint density at radius 3 is 2.90 bits per heavy atom. The molecule has 164 valence electrons. The lowest BCUT2D eigenvalue weighted by atomic mass is 9.90. The van der Waals surface area contributed by atoms with Crippen molar-refractivity contribution in [3.8, 4) is 5.75 Å². The number of fused-ring (bicyclic) bond motifs is 1. The molecule has 3 unspecified atom stereocenters. The summed E-state index contributed by atoms with van der Waals surface area (Å²) in [5.41, 5.74) is 0. The maximum absolute atomic E-state index is 11.9. The van der Waals surface area contributed by atoms with E-state index >= 15 is 0 Å². The molecule has 2 aliphatic rings. The molecule has 3 rings (SSSR count). The number of hydrogen-bond acceptors (Lipinski definition) is 6. The topological polar surface area (TPSA) is 85.2 Å². The van der Waals surface area contributed by atoms with Crippen molar-refractivity contribution >= 4 is 5.97 Å². The van der Waals surface area contributed by atoms with Gasteiger partial charge in [0, 0.05) is 18.8 Å². The van der Waals surface area contributed by atoms with Crippen molar-refractivity contribution < 1.29 is 29.2 Å². The van der Waals surface area contributed by atoms with Crippen LogP contribution in [0.1, 0.15) is 39.0 Å². The summed E-state index contributed by atoms with van der Waals surface area (Å²) in [6.45, 7) is 2.42. The molecule has 0 spiro atoms. The van der Waals surface area contributed by atoms with E-state index in [9.17, 15) is 15.0 Å². The molecular weight excluding hydrogens is 384 g/mol. The molecule has 0 aromatic heterocycles. The Hall–Kier alpha value is -2.15. The number of aliphatic hydroxyl groups excluding tert-OH is 2. The molecule has 30 heavy (non-hydrogen) atoms. The molecule has 1 aromatic rings. The second-order valence-corrected chi connectivity index (χ2v) is 7.95. The number of benzene rings is 1. The van der Waals surface area contributed by atoms with E-state index in [-0.39, 0.29) is 37.1 Å². The Balaban J connectivity index is 1.53. The summed E-state index contributed by atoms with van der Waals surface area (Å²) in [4.78, 5) is 11.9. The van der Waals surface area contributed by atoms with Crippen LogP contribution in [0.25, 0.3) is 0 Å². The number of aliphatic hydroxyl groups is 2. The van der Waals surface area contributed by atoms with Gasteiger partial charge in [-0.25, -0.2) is 0 Å². The van der Waals surface area contributed by atoms with Crippen LogP contribution in [-0.4, -0.2) is 47.7 Å². The fourth-order valence-corrected chi connectivity index (χ4v) is 3.99. The summed E-state index contributed by atoms with van der Waals surface area (Å²) in [6, 6.07) is 9.33. The first-order chi connectivity index (χ1) is 14.6. The van der Waals surface area contributed by atoms with Gasteiger partial charge in [0.2, 0.25) is 0 Å². The average molecular weight is 417 g/mol. The molecule has 0 bridgehead atoms. The first-order valence-corrected chi connectivity index (χ1v) is 10.8. The Morgan fingerprint density at radius 2 is 2.13 bits per heavy atom. The van der Waals surface area contributed by atoms with Crippen molar-refractivity contribution in [3.63, 3.8) is 0 Å². The van der Waals surface area contributed by atoms with E-state index in [1.807, 2.05) is 49.4 Å². The predicted molar refractivity (Wildman–Crippen MR) is 113 cm³/mol. The molecule has 1 heterocycles. The van der Waals surface area contributed by atoms with Gasteiger partial charge < -0.3 is 24.4 Å². The standard InChI is InChI=1S/C24H32O6/c1-2-3-9-24(27)30-19-11-13-21-20(22(26)14-23(21)29-16-19)12-10-17(25)15-28-18-7-5-4-6-8-18/h4-8,10-12,17,20-23,25-26H,2-3,9,13-16H2,1H3/t17-,20?,21?,22?,23+/m1/s1. The van der Waals surface area contributed by atoms with E-state index in [1.165, 1.54) is 0 Å². The molecule has 5 atom stereocenters. The average Bonchev–Trinajstić information content (AvgIpc) is 2.92. The largest absolute Gasteiger partial charge is 0.491 e. The van der Waals surface area contributed by atoms with Crippen LogP contribution in [0.5, 0.6) is 5.75 Å². The third-order valence-electron chi connectivity index (χ3n) is 5.65. The number of rotatable bonds is 9. The smallest absolute Gasteiger partial charge is 0.310 e. The van der Waals surface area contributed by atoms with Crippen LogP contribution in [0.2, 0.25) is 0 Å². The highest BCUT2D eigenvalue weighted by atomic mass is 16.6. The fraction of sp³-hybridized carbons (Fsp3) is 0.542. The summed E-state index contributed by atoms with van der Waals surface area (Å²) in [5.74, 6) is 0.975. The molecule has 1 saturated carbocycles. The third-order valence-corrected chi connectivity index (χ3v) is 5.65. The van der Waals surface area contributed by atoms with Gasteiger partial charge in [0.25, 0.3) is 0 Å². The highest BCUT2D eigenvalue weighted by Gasteiger charge is 2.42. The predicted octanol–water partition coefficient (Wildman–Crippen LogP) is 3.39. The normalized spacial score (nSPS) is 27.2. The molecule has 2 N–H and O–H groups in total. The van der Waals surface area contributed by atoms with Gasteiger partial charge in [-0.3, -0.25) is 4.79 Å². The van der Waals surface area contributed by atoms with E-state index in [1.54, 1.807) is 6.08 Å². The molecule has 6 heteroatoms. The van der Waals surface area contributed by atoms with E-state index in [0.717, 1.165) is 12.8 Å². The maximum atomic E-state index is 11.9. The van der Waals surface area contributed by atoms with Crippen LogP contribution in [-0.2, 0) is 14.3 Å². The number of ether oxygens (including phenoxy) is 3. The molecule has 6 nitrogen and oxygen atoms in total. The van der Waals surface area contributed by atoms with Crippen molar-refractivity contribution in [2.45, 2.75) is 57.3 Å². The first-order valence-electron chi connectivity index (χ1n) is 10.8. The third kappa shape index (κ3) is 6.42. The second kappa shape index (κ2) is 11.3. The van der Waals surface area contributed by atoms with Crippen LogP contribution < -0.4 is 4.74 Å². The number of hydrogen-bond donors (Lipinski definition) is 2. The maximum Gasteiger partial charge on any atom is 0.310 e. The molecule has 0 saturated heterocycles. The minimum absolute atomic E-state index is 0.0744. The van der Waals surface area contributed by atoms with E-state index in [4.69, 9.17) is 14.2 Å². The lowest BCUT2D eigenvalue weighted by molar-refractivity contribution is -0.140. The van der Waals surface area contributed by atoms with Gasteiger partial charge in [-0.15, -0.1) is 0 Å². The zero-order valence-electron chi connectivity index (χ0n) is 17.5. The van der Waals surface area contributed by atoms with Crippen molar-refractivity contribution in [3.05, 3.63) is 54.3 Å². The van der Waals surface area contributed by atoms with Gasteiger partial charge in [0.05, 0.1) is 12.2 Å². The van der Waals surface area contributed by atoms with Crippen LogP contribution >= 0.6 is 0 Å². The van der Waals surface area contributed by atoms with Crippen LogP contribution in [0.3, 0.4) is 0 Å². The fourth-order valence-electron chi connectivity index (χ4n) is 3.99. The molecule has 1 aromatic carbocycles. The van der Waals surface area contributed by atoms with E-state index in [2.05, 4.69) is 0 Å². The number of unbranched alkanes of at least 4 members (excludes halogenated alkanes) is 1. The first kappa shape index (κ1) is 22.5. The Bertz CT molecular complexity index is 728. The van der Waals surface area contributed by atoms with Crippen LogP contribution in [0, 0.1) is 11.8 Å². The molecule has 1 fully saturated rings. The lowest BCUT2D eigenvalue weighted by Crippen LogP contribution is -2.22. The van der Waals surface area contributed by atoms with Gasteiger partial charge in [0.1, 0.15) is 30.8 Å². The van der Waals surface area contributed by atoms with E-state index < -0.39 is 12.2 Å².